The number of carbonyl (C=O) groups excluding carboxylic acids is 1. The van der Waals surface area contributed by atoms with E-state index in [-0.39, 0.29) is 11.9 Å². The summed E-state index contributed by atoms with van der Waals surface area (Å²) in [6.07, 6.45) is 2.93. The zero-order chi connectivity index (χ0) is 14.5. The summed E-state index contributed by atoms with van der Waals surface area (Å²) in [6.45, 7) is 6.13. The molecule has 0 unspecified atom stereocenters. The predicted octanol–water partition coefficient (Wildman–Crippen LogP) is 3.34. The molecule has 4 nitrogen and oxygen atoms in total. The van der Waals surface area contributed by atoms with Crippen molar-refractivity contribution in [2.45, 2.75) is 39.7 Å². The van der Waals surface area contributed by atoms with Crippen molar-refractivity contribution >= 4 is 11.7 Å². The highest BCUT2D eigenvalue weighted by Crippen LogP contribution is 2.14. The first kappa shape index (κ1) is 14.3. The Morgan fingerprint density at radius 3 is 2.60 bits per heavy atom. The first-order valence-corrected chi connectivity index (χ1v) is 6.95. The van der Waals surface area contributed by atoms with Crippen LogP contribution in [0.25, 0.3) is 0 Å². The average Bonchev–Trinajstić information content (AvgIpc) is 2.86. The second-order valence-electron chi connectivity index (χ2n) is 5.29. The molecule has 0 spiro atoms. The molecule has 0 saturated carbocycles. The fourth-order valence-electron chi connectivity index (χ4n) is 2.04. The van der Waals surface area contributed by atoms with Gasteiger partial charge in [-0.3, -0.25) is 4.79 Å². The highest BCUT2D eigenvalue weighted by Gasteiger charge is 2.09. The van der Waals surface area contributed by atoms with Gasteiger partial charge in [-0.05, 0) is 32.8 Å². The number of hydrogen-bond donors (Lipinski definition) is 1. The van der Waals surface area contributed by atoms with Gasteiger partial charge in [0.1, 0.15) is 5.82 Å². The zero-order valence-corrected chi connectivity index (χ0v) is 12.3. The van der Waals surface area contributed by atoms with E-state index >= 15 is 0 Å². The van der Waals surface area contributed by atoms with Crippen LogP contribution in [0.1, 0.15) is 37.4 Å². The van der Waals surface area contributed by atoms with Crippen molar-refractivity contribution in [3.63, 3.8) is 0 Å². The number of anilines is 1. The fraction of sp³-hybridized carbons (Fsp3) is 0.375. The lowest BCUT2D eigenvalue weighted by atomic mass is 10.1. The first-order chi connectivity index (χ1) is 9.56. The van der Waals surface area contributed by atoms with Gasteiger partial charge in [0.15, 0.2) is 0 Å². The van der Waals surface area contributed by atoms with Gasteiger partial charge in [-0.25, -0.2) is 4.68 Å². The van der Waals surface area contributed by atoms with Gasteiger partial charge in [0.05, 0.1) is 6.20 Å². The molecule has 4 heteroatoms. The van der Waals surface area contributed by atoms with E-state index in [1.165, 1.54) is 11.1 Å². The lowest BCUT2D eigenvalue weighted by Gasteiger charge is -2.11. The molecule has 1 N–H and O–H groups in total. The van der Waals surface area contributed by atoms with Crippen LogP contribution in [-0.4, -0.2) is 15.7 Å². The fourth-order valence-corrected chi connectivity index (χ4v) is 2.04. The van der Waals surface area contributed by atoms with Gasteiger partial charge in [0, 0.05) is 18.5 Å². The Kier molecular flexibility index (Phi) is 4.56. The van der Waals surface area contributed by atoms with Crippen molar-refractivity contribution in [3.8, 4) is 0 Å². The third-order valence-corrected chi connectivity index (χ3v) is 3.19. The van der Waals surface area contributed by atoms with Gasteiger partial charge >= 0.3 is 0 Å². The minimum atomic E-state index is 0.0213. The van der Waals surface area contributed by atoms with Crippen LogP contribution >= 0.6 is 0 Å². The standard InChI is InChI=1S/C16H21N3O/c1-12(2)19-15(10-11-17-19)18-16(20)9-8-14-6-4-13(3)5-7-14/h4-7,10-12H,8-9H2,1-3H3,(H,18,20). The van der Waals surface area contributed by atoms with Crippen LogP contribution in [-0.2, 0) is 11.2 Å². The molecule has 1 aromatic heterocycles. The smallest absolute Gasteiger partial charge is 0.225 e. The molecular formula is C16H21N3O. The molecule has 0 atom stereocenters. The van der Waals surface area contributed by atoms with Crippen molar-refractivity contribution in [1.29, 1.82) is 0 Å². The van der Waals surface area contributed by atoms with Gasteiger partial charge in [0.2, 0.25) is 5.91 Å². The molecule has 0 aliphatic rings. The summed E-state index contributed by atoms with van der Waals surface area (Å²) in [4.78, 5) is 12.0. The summed E-state index contributed by atoms with van der Waals surface area (Å²) in [5, 5.41) is 7.11. The average molecular weight is 271 g/mol. The minimum absolute atomic E-state index is 0.0213. The van der Waals surface area contributed by atoms with E-state index in [1.54, 1.807) is 6.20 Å². The third kappa shape index (κ3) is 3.70. The Balaban J connectivity index is 1.89. The third-order valence-electron chi connectivity index (χ3n) is 3.19. The maximum Gasteiger partial charge on any atom is 0.225 e. The Morgan fingerprint density at radius 2 is 1.95 bits per heavy atom. The number of rotatable bonds is 5. The second kappa shape index (κ2) is 6.37. The Bertz CT molecular complexity index is 570. The molecule has 20 heavy (non-hydrogen) atoms. The molecule has 1 aromatic carbocycles. The maximum atomic E-state index is 12.0. The second-order valence-corrected chi connectivity index (χ2v) is 5.29. The summed E-state index contributed by atoms with van der Waals surface area (Å²) in [5.74, 6) is 0.780. The number of hydrogen-bond acceptors (Lipinski definition) is 2. The first-order valence-electron chi connectivity index (χ1n) is 6.95. The lowest BCUT2D eigenvalue weighted by Crippen LogP contribution is -2.17. The molecule has 2 rings (SSSR count). The van der Waals surface area contributed by atoms with Crippen LogP contribution in [0.2, 0.25) is 0 Å². The quantitative estimate of drug-likeness (QED) is 0.906. The van der Waals surface area contributed by atoms with Gasteiger partial charge in [-0.15, -0.1) is 0 Å². The number of benzene rings is 1. The summed E-state index contributed by atoms with van der Waals surface area (Å²) in [6, 6.07) is 10.3. The van der Waals surface area contributed by atoms with E-state index in [1.807, 2.05) is 24.6 Å². The molecule has 106 valence electrons. The molecule has 0 fully saturated rings. The van der Waals surface area contributed by atoms with E-state index in [0.29, 0.717) is 6.42 Å². The SMILES string of the molecule is Cc1ccc(CCC(=O)Nc2ccnn2C(C)C)cc1. The molecule has 0 aliphatic heterocycles. The highest BCUT2D eigenvalue weighted by atomic mass is 16.1. The molecule has 1 amide bonds. The van der Waals surface area contributed by atoms with Crippen molar-refractivity contribution in [2.24, 2.45) is 0 Å². The van der Waals surface area contributed by atoms with E-state index in [2.05, 4.69) is 41.6 Å². The van der Waals surface area contributed by atoms with Gasteiger partial charge in [-0.2, -0.15) is 5.10 Å². The monoisotopic (exact) mass is 271 g/mol. The number of aryl methyl sites for hydroxylation is 2. The van der Waals surface area contributed by atoms with Crippen molar-refractivity contribution in [3.05, 3.63) is 47.7 Å². The van der Waals surface area contributed by atoms with E-state index in [4.69, 9.17) is 0 Å². The normalized spacial score (nSPS) is 10.8. The van der Waals surface area contributed by atoms with Gasteiger partial charge < -0.3 is 5.32 Å². The highest BCUT2D eigenvalue weighted by molar-refractivity contribution is 5.89. The predicted molar refractivity (Wildman–Crippen MR) is 80.7 cm³/mol. The van der Waals surface area contributed by atoms with Crippen LogP contribution in [0.5, 0.6) is 0 Å². The van der Waals surface area contributed by atoms with Crippen molar-refractivity contribution < 1.29 is 4.79 Å². The topological polar surface area (TPSA) is 46.9 Å². The maximum absolute atomic E-state index is 12.0. The molecule has 0 bridgehead atoms. The van der Waals surface area contributed by atoms with Crippen LogP contribution in [0.3, 0.4) is 0 Å². The number of amides is 1. The number of nitrogens with one attached hydrogen (secondary N) is 1. The van der Waals surface area contributed by atoms with Crippen LogP contribution in [0.4, 0.5) is 5.82 Å². The number of aromatic nitrogens is 2. The molecular weight excluding hydrogens is 250 g/mol. The Morgan fingerprint density at radius 1 is 1.25 bits per heavy atom. The van der Waals surface area contributed by atoms with E-state index in [9.17, 15) is 4.79 Å². The van der Waals surface area contributed by atoms with E-state index in [0.717, 1.165) is 12.2 Å². The van der Waals surface area contributed by atoms with Crippen molar-refractivity contribution in [2.75, 3.05) is 5.32 Å². The molecule has 0 radical (unpaired) electrons. The molecule has 0 saturated heterocycles. The van der Waals surface area contributed by atoms with Gasteiger partial charge in [-0.1, -0.05) is 29.8 Å². The number of carbonyl (C=O) groups is 1. The van der Waals surface area contributed by atoms with Crippen LogP contribution in [0, 0.1) is 6.92 Å². The lowest BCUT2D eigenvalue weighted by molar-refractivity contribution is -0.116. The van der Waals surface area contributed by atoms with Crippen LogP contribution < -0.4 is 5.32 Å². The summed E-state index contributed by atoms with van der Waals surface area (Å²) >= 11 is 0. The summed E-state index contributed by atoms with van der Waals surface area (Å²) in [7, 11) is 0. The zero-order valence-electron chi connectivity index (χ0n) is 12.3. The Labute approximate surface area is 119 Å². The van der Waals surface area contributed by atoms with E-state index < -0.39 is 0 Å². The Hall–Kier alpha value is -2.10. The van der Waals surface area contributed by atoms with Gasteiger partial charge in [0.25, 0.3) is 0 Å². The number of nitrogens with zero attached hydrogens (tertiary/aromatic N) is 2. The summed E-state index contributed by atoms with van der Waals surface area (Å²) < 4.78 is 1.81. The largest absolute Gasteiger partial charge is 0.311 e. The summed E-state index contributed by atoms with van der Waals surface area (Å²) in [5.41, 5.74) is 2.42. The molecule has 1 heterocycles. The van der Waals surface area contributed by atoms with Crippen molar-refractivity contribution in [1.82, 2.24) is 9.78 Å². The molecule has 2 aromatic rings. The minimum Gasteiger partial charge on any atom is -0.311 e. The van der Waals surface area contributed by atoms with Crippen LogP contribution in [0.15, 0.2) is 36.5 Å². The molecule has 0 aliphatic carbocycles.